The highest BCUT2D eigenvalue weighted by atomic mass is 16.5. The van der Waals surface area contributed by atoms with Crippen LogP contribution in [0.4, 0.5) is 0 Å². The zero-order chi connectivity index (χ0) is 19.5. The molecule has 4 heteroatoms. The predicted octanol–water partition coefficient (Wildman–Crippen LogP) is 4.60. The van der Waals surface area contributed by atoms with E-state index in [-0.39, 0.29) is 18.3 Å². The van der Waals surface area contributed by atoms with Crippen molar-refractivity contribution in [2.45, 2.75) is 64.7 Å². The Morgan fingerprint density at radius 2 is 1.81 bits per heavy atom. The van der Waals surface area contributed by atoms with E-state index in [1.54, 1.807) is 0 Å². The predicted molar refractivity (Wildman–Crippen MR) is 108 cm³/mol. The maximum Gasteiger partial charge on any atom is 0.307 e. The quantitative estimate of drug-likeness (QED) is 0.446. The van der Waals surface area contributed by atoms with Gasteiger partial charge in [0.1, 0.15) is 0 Å². The van der Waals surface area contributed by atoms with Crippen molar-refractivity contribution in [2.24, 2.45) is 0 Å². The average Bonchev–Trinajstić information content (AvgIpc) is 2.70. The van der Waals surface area contributed by atoms with Crippen molar-refractivity contribution >= 4 is 11.9 Å². The third-order valence-electron chi connectivity index (χ3n) is 5.23. The van der Waals surface area contributed by atoms with Gasteiger partial charge in [-0.2, -0.15) is 0 Å². The minimum atomic E-state index is -0.260. The number of carbonyl (C=O) groups excluding carboxylic acids is 2. The van der Waals surface area contributed by atoms with Gasteiger partial charge >= 0.3 is 5.97 Å². The summed E-state index contributed by atoms with van der Waals surface area (Å²) < 4.78 is 4.74. The number of carbonyl (C=O) groups is 2. The fourth-order valence-corrected chi connectivity index (χ4v) is 3.46. The molecule has 0 heterocycles. The number of amides is 1. The van der Waals surface area contributed by atoms with Gasteiger partial charge in [0.2, 0.25) is 5.91 Å². The van der Waals surface area contributed by atoms with Crippen LogP contribution in [0, 0.1) is 6.92 Å². The van der Waals surface area contributed by atoms with Gasteiger partial charge in [0.25, 0.3) is 0 Å². The second-order valence-electron chi connectivity index (χ2n) is 7.40. The second-order valence-corrected chi connectivity index (χ2v) is 7.40. The van der Waals surface area contributed by atoms with Crippen molar-refractivity contribution < 1.29 is 14.3 Å². The highest BCUT2D eigenvalue weighted by Gasteiger charge is 2.16. The Kier molecular flexibility index (Phi) is 9.09. The molecule has 0 aliphatic heterocycles. The molecule has 0 saturated carbocycles. The number of ether oxygens (including phenoxy) is 1. The van der Waals surface area contributed by atoms with Crippen LogP contribution in [0.25, 0.3) is 0 Å². The molecule has 0 spiro atoms. The van der Waals surface area contributed by atoms with Crippen LogP contribution in [0.15, 0.2) is 35.9 Å². The van der Waals surface area contributed by atoms with Gasteiger partial charge in [0, 0.05) is 19.5 Å². The first-order valence-electron chi connectivity index (χ1n) is 10.2. The highest BCUT2D eigenvalue weighted by Crippen LogP contribution is 2.20. The first-order chi connectivity index (χ1) is 13.1. The normalized spacial score (nSPS) is 13.8. The Morgan fingerprint density at radius 3 is 2.48 bits per heavy atom. The lowest BCUT2D eigenvalue weighted by Crippen LogP contribution is -2.34. The number of hydrogen-bond acceptors (Lipinski definition) is 3. The lowest BCUT2D eigenvalue weighted by molar-refractivity contribution is -0.141. The number of aryl methyl sites for hydroxylation is 2. The molecule has 0 unspecified atom stereocenters. The zero-order valence-corrected chi connectivity index (χ0v) is 16.8. The molecule has 0 N–H and O–H groups in total. The molecule has 2 rings (SSSR count). The number of esters is 1. The summed E-state index contributed by atoms with van der Waals surface area (Å²) in [5.74, 6) is -0.119. The largest absolute Gasteiger partial charge is 0.469 e. The van der Waals surface area contributed by atoms with E-state index >= 15 is 0 Å². The summed E-state index contributed by atoms with van der Waals surface area (Å²) in [4.78, 5) is 26.1. The maximum absolute atomic E-state index is 12.7. The molecule has 4 nitrogen and oxygen atoms in total. The molecule has 0 aromatic heterocycles. The van der Waals surface area contributed by atoms with E-state index in [2.05, 4.69) is 37.3 Å². The topological polar surface area (TPSA) is 46.6 Å². The lowest BCUT2D eigenvalue weighted by atomic mass is 9.97. The smallest absolute Gasteiger partial charge is 0.307 e. The van der Waals surface area contributed by atoms with E-state index < -0.39 is 0 Å². The number of methoxy groups -OCH3 is 1. The van der Waals surface area contributed by atoms with Crippen LogP contribution < -0.4 is 0 Å². The number of allylic oxidation sites excluding steroid dienone is 1. The van der Waals surface area contributed by atoms with Crippen molar-refractivity contribution in [1.29, 1.82) is 0 Å². The first kappa shape index (κ1) is 21.2. The summed E-state index contributed by atoms with van der Waals surface area (Å²) >= 11 is 0. The summed E-state index contributed by atoms with van der Waals surface area (Å²) in [7, 11) is 1.39. The van der Waals surface area contributed by atoms with Gasteiger partial charge in [0.15, 0.2) is 0 Å². The number of rotatable bonds is 10. The molecule has 0 bridgehead atoms. The van der Waals surface area contributed by atoms with E-state index in [1.165, 1.54) is 36.7 Å². The van der Waals surface area contributed by atoms with Crippen LogP contribution >= 0.6 is 0 Å². The van der Waals surface area contributed by atoms with Crippen molar-refractivity contribution in [1.82, 2.24) is 4.90 Å². The summed E-state index contributed by atoms with van der Waals surface area (Å²) in [6, 6.07) is 8.48. The molecule has 27 heavy (non-hydrogen) atoms. The minimum Gasteiger partial charge on any atom is -0.469 e. The Bertz CT molecular complexity index is 634. The molecule has 1 aliphatic rings. The molecular weight excluding hydrogens is 338 g/mol. The Morgan fingerprint density at radius 1 is 1.04 bits per heavy atom. The molecular formula is C23H33NO3. The summed E-state index contributed by atoms with van der Waals surface area (Å²) in [5, 5.41) is 0. The Balaban J connectivity index is 1.83. The minimum absolute atomic E-state index is 0.141. The molecule has 148 valence electrons. The SMILES string of the molecule is COC(=O)CCN(CCC1=CCCCC1)C(=O)CCCc1ccc(C)cc1. The Labute approximate surface area is 163 Å². The summed E-state index contributed by atoms with van der Waals surface area (Å²) in [6.45, 7) is 3.23. The fourth-order valence-electron chi connectivity index (χ4n) is 3.46. The van der Waals surface area contributed by atoms with Crippen molar-refractivity contribution in [2.75, 3.05) is 20.2 Å². The van der Waals surface area contributed by atoms with Gasteiger partial charge < -0.3 is 9.64 Å². The van der Waals surface area contributed by atoms with Crippen LogP contribution in [0.1, 0.15) is 62.5 Å². The van der Waals surface area contributed by atoms with Gasteiger partial charge in [-0.05, 0) is 57.4 Å². The standard InChI is InChI=1S/C23H33NO3/c1-19-11-13-21(14-12-19)9-6-10-22(25)24(18-16-23(26)27-2)17-15-20-7-4-3-5-8-20/h7,11-14H,3-6,8-10,15-18H2,1-2H3. The van der Waals surface area contributed by atoms with Gasteiger partial charge in [-0.15, -0.1) is 0 Å². The first-order valence-corrected chi connectivity index (χ1v) is 10.2. The van der Waals surface area contributed by atoms with E-state index in [4.69, 9.17) is 4.74 Å². The molecule has 0 atom stereocenters. The van der Waals surface area contributed by atoms with Gasteiger partial charge in [0.05, 0.1) is 13.5 Å². The monoisotopic (exact) mass is 371 g/mol. The fraction of sp³-hybridized carbons (Fsp3) is 0.565. The Hall–Kier alpha value is -2.10. The maximum atomic E-state index is 12.7. The highest BCUT2D eigenvalue weighted by molar-refractivity contribution is 5.77. The van der Waals surface area contributed by atoms with Gasteiger partial charge in [-0.3, -0.25) is 9.59 Å². The van der Waals surface area contributed by atoms with Gasteiger partial charge in [-0.1, -0.05) is 41.5 Å². The molecule has 1 aromatic rings. The second kappa shape index (κ2) is 11.6. The molecule has 0 fully saturated rings. The number of nitrogens with zero attached hydrogens (tertiary/aromatic N) is 1. The summed E-state index contributed by atoms with van der Waals surface area (Å²) in [6.07, 6.45) is 10.6. The van der Waals surface area contributed by atoms with Crippen LogP contribution in [0.3, 0.4) is 0 Å². The third kappa shape index (κ3) is 7.98. The van der Waals surface area contributed by atoms with E-state index in [0.29, 0.717) is 19.5 Å². The van der Waals surface area contributed by atoms with Crippen LogP contribution in [0.5, 0.6) is 0 Å². The van der Waals surface area contributed by atoms with Crippen molar-refractivity contribution in [3.05, 3.63) is 47.0 Å². The zero-order valence-electron chi connectivity index (χ0n) is 16.8. The van der Waals surface area contributed by atoms with E-state index in [1.807, 2.05) is 4.90 Å². The van der Waals surface area contributed by atoms with Crippen LogP contribution in [-0.4, -0.2) is 37.0 Å². The third-order valence-corrected chi connectivity index (χ3v) is 5.23. The number of benzene rings is 1. The van der Waals surface area contributed by atoms with Gasteiger partial charge in [-0.25, -0.2) is 0 Å². The molecule has 0 saturated heterocycles. The molecule has 1 aromatic carbocycles. The lowest BCUT2D eigenvalue weighted by Gasteiger charge is -2.24. The van der Waals surface area contributed by atoms with Crippen LogP contribution in [0.2, 0.25) is 0 Å². The summed E-state index contributed by atoms with van der Waals surface area (Å²) in [5.41, 5.74) is 3.97. The number of hydrogen-bond donors (Lipinski definition) is 0. The molecule has 0 radical (unpaired) electrons. The van der Waals surface area contributed by atoms with Crippen molar-refractivity contribution in [3.8, 4) is 0 Å². The van der Waals surface area contributed by atoms with Crippen LogP contribution in [-0.2, 0) is 20.7 Å². The van der Waals surface area contributed by atoms with E-state index in [9.17, 15) is 9.59 Å². The van der Waals surface area contributed by atoms with E-state index in [0.717, 1.165) is 32.1 Å². The molecule has 1 aliphatic carbocycles. The van der Waals surface area contributed by atoms with Crippen molar-refractivity contribution in [3.63, 3.8) is 0 Å². The molecule has 1 amide bonds. The average molecular weight is 372 g/mol.